The highest BCUT2D eigenvalue weighted by Crippen LogP contribution is 2.46. The molecular weight excluding hydrogens is 697 g/mol. The van der Waals surface area contributed by atoms with Gasteiger partial charge < -0.3 is 29.9 Å². The Labute approximate surface area is 320 Å². The second-order valence-electron chi connectivity index (χ2n) is 13.9. The van der Waals surface area contributed by atoms with E-state index < -0.39 is 0 Å². The monoisotopic (exact) mass is 728 g/mol. The lowest BCUT2D eigenvalue weighted by Crippen LogP contribution is -1.91. The Morgan fingerprint density at radius 3 is 1.29 bits per heavy atom. The van der Waals surface area contributed by atoms with Gasteiger partial charge in [0.15, 0.2) is 0 Å². The average Bonchev–Trinajstić information content (AvgIpc) is 3.20. The van der Waals surface area contributed by atoms with Crippen molar-refractivity contribution in [3.05, 3.63) is 170 Å². The van der Waals surface area contributed by atoms with Gasteiger partial charge in [-0.1, -0.05) is 84.9 Å². The van der Waals surface area contributed by atoms with Crippen LogP contribution in [0.3, 0.4) is 0 Å². The van der Waals surface area contributed by atoms with Crippen molar-refractivity contribution in [1.29, 1.82) is 0 Å². The van der Waals surface area contributed by atoms with Crippen LogP contribution in [-0.2, 0) is 0 Å². The summed E-state index contributed by atoms with van der Waals surface area (Å²) in [5.74, 6) is 3.29. The summed E-state index contributed by atoms with van der Waals surface area (Å²) in [6.07, 6.45) is 0. The van der Waals surface area contributed by atoms with Crippen molar-refractivity contribution < 1.29 is 29.9 Å². The van der Waals surface area contributed by atoms with Crippen LogP contribution in [0, 0.1) is 0 Å². The molecule has 0 aliphatic carbocycles. The Balaban J connectivity index is 1.00. The number of hydrogen-bond acceptors (Lipinski definition) is 6. The van der Waals surface area contributed by atoms with Crippen molar-refractivity contribution >= 4 is 53.9 Å². The molecule has 0 aliphatic rings. The van der Waals surface area contributed by atoms with Crippen LogP contribution in [0.5, 0.6) is 46.0 Å². The van der Waals surface area contributed by atoms with Crippen LogP contribution in [-0.4, -0.2) is 20.4 Å². The van der Waals surface area contributed by atoms with E-state index in [2.05, 4.69) is 0 Å². The molecule has 0 saturated carbocycles. The molecule has 56 heavy (non-hydrogen) atoms. The number of phenols is 4. The van der Waals surface area contributed by atoms with Crippen molar-refractivity contribution in [2.75, 3.05) is 0 Å². The molecule has 0 fully saturated rings. The van der Waals surface area contributed by atoms with Crippen molar-refractivity contribution in [2.24, 2.45) is 0 Å². The molecule has 10 rings (SSSR count). The van der Waals surface area contributed by atoms with Crippen LogP contribution in [0.15, 0.2) is 170 Å². The molecule has 6 nitrogen and oxygen atoms in total. The van der Waals surface area contributed by atoms with Gasteiger partial charge in [-0.2, -0.15) is 0 Å². The summed E-state index contributed by atoms with van der Waals surface area (Å²) in [5.41, 5.74) is 3.10. The SMILES string of the molecule is Oc1ccc2c(-c3c(O)ccc4c(Oc5ccc6c(Oc7cccc8c(-c9cccc%10cc(O)ccc9%10)c(O)ccc78)cccc6c5)cccc34)cccc2c1. The normalized spacial score (nSPS) is 11.5. The number of ether oxygens (including phenoxy) is 2. The Kier molecular flexibility index (Phi) is 7.64. The minimum Gasteiger partial charge on any atom is -0.508 e. The van der Waals surface area contributed by atoms with Gasteiger partial charge in [0, 0.05) is 27.3 Å². The summed E-state index contributed by atoms with van der Waals surface area (Å²) < 4.78 is 13.2. The highest BCUT2D eigenvalue weighted by atomic mass is 16.5. The van der Waals surface area contributed by atoms with E-state index in [1.54, 1.807) is 36.4 Å². The largest absolute Gasteiger partial charge is 0.508 e. The number of benzene rings is 10. The molecule has 0 aromatic heterocycles. The van der Waals surface area contributed by atoms with E-state index in [4.69, 9.17) is 9.47 Å². The molecule has 0 saturated heterocycles. The summed E-state index contributed by atoms with van der Waals surface area (Å²) in [5, 5.41) is 51.3. The molecular formula is C50H32O6. The minimum atomic E-state index is 0.154. The predicted molar refractivity (Wildman–Crippen MR) is 225 cm³/mol. The summed E-state index contributed by atoms with van der Waals surface area (Å²) in [6, 6.07) is 52.8. The zero-order valence-corrected chi connectivity index (χ0v) is 29.8. The summed E-state index contributed by atoms with van der Waals surface area (Å²) in [7, 11) is 0. The first-order chi connectivity index (χ1) is 27.4. The maximum absolute atomic E-state index is 11.2. The van der Waals surface area contributed by atoms with E-state index in [0.29, 0.717) is 34.1 Å². The van der Waals surface area contributed by atoms with Gasteiger partial charge in [-0.3, -0.25) is 0 Å². The fraction of sp³-hybridized carbons (Fsp3) is 0. The quantitative estimate of drug-likeness (QED) is 0.136. The van der Waals surface area contributed by atoms with Gasteiger partial charge >= 0.3 is 0 Å². The summed E-state index contributed by atoms with van der Waals surface area (Å²) in [4.78, 5) is 0. The third kappa shape index (κ3) is 5.51. The smallest absolute Gasteiger partial charge is 0.135 e. The molecule has 10 aromatic rings. The van der Waals surface area contributed by atoms with E-state index in [0.717, 1.165) is 65.0 Å². The number of hydrogen-bond donors (Lipinski definition) is 4. The zero-order chi connectivity index (χ0) is 37.9. The minimum absolute atomic E-state index is 0.154. The molecule has 0 heterocycles. The van der Waals surface area contributed by atoms with Crippen molar-refractivity contribution in [2.45, 2.75) is 0 Å². The van der Waals surface area contributed by atoms with Gasteiger partial charge in [-0.05, 0) is 134 Å². The van der Waals surface area contributed by atoms with E-state index >= 15 is 0 Å². The molecule has 0 aliphatic heterocycles. The number of phenolic OH excluding ortho intramolecular Hbond substituents is 4. The van der Waals surface area contributed by atoms with Crippen LogP contribution < -0.4 is 9.47 Å². The van der Waals surface area contributed by atoms with E-state index in [9.17, 15) is 20.4 Å². The van der Waals surface area contributed by atoms with Crippen molar-refractivity contribution in [3.8, 4) is 68.2 Å². The van der Waals surface area contributed by atoms with Gasteiger partial charge in [0.05, 0.1) is 0 Å². The topological polar surface area (TPSA) is 99.4 Å². The molecule has 268 valence electrons. The van der Waals surface area contributed by atoms with E-state index in [1.165, 1.54) is 0 Å². The van der Waals surface area contributed by atoms with Crippen LogP contribution in [0.1, 0.15) is 0 Å². The molecule has 0 spiro atoms. The van der Waals surface area contributed by atoms with E-state index in [1.807, 2.05) is 133 Å². The molecule has 0 atom stereocenters. The first-order valence-corrected chi connectivity index (χ1v) is 18.2. The summed E-state index contributed by atoms with van der Waals surface area (Å²) >= 11 is 0. The molecule has 0 unspecified atom stereocenters. The molecule has 0 amide bonds. The highest BCUT2D eigenvalue weighted by molar-refractivity contribution is 6.10. The molecule has 6 heteroatoms. The number of aromatic hydroxyl groups is 4. The average molecular weight is 729 g/mol. The van der Waals surface area contributed by atoms with E-state index in [-0.39, 0.29) is 23.0 Å². The molecule has 4 N–H and O–H groups in total. The fourth-order valence-electron chi connectivity index (χ4n) is 7.99. The van der Waals surface area contributed by atoms with Gasteiger partial charge in [-0.25, -0.2) is 0 Å². The Bertz CT molecular complexity index is 3200. The Morgan fingerprint density at radius 2 is 0.732 bits per heavy atom. The standard InChI is InChI=1S/C50H32O6/c51-32-16-19-35-29(26-32)6-1-9-40(35)49-42-11-4-14-47(38(42)22-24-44(49)53)55-34-18-21-37-31(28-34)8-3-13-46(37)56-48-15-5-12-43-39(48)23-25-45(54)50(43)41-10-2-7-30-27-33(52)17-20-36(30)41/h1-28,51-54H. The third-order valence-electron chi connectivity index (χ3n) is 10.5. The zero-order valence-electron chi connectivity index (χ0n) is 29.8. The highest BCUT2D eigenvalue weighted by Gasteiger charge is 2.18. The van der Waals surface area contributed by atoms with Crippen LogP contribution in [0.2, 0.25) is 0 Å². The molecule has 0 bridgehead atoms. The lowest BCUT2D eigenvalue weighted by atomic mass is 9.93. The lowest BCUT2D eigenvalue weighted by molar-refractivity contribution is 0.475. The molecule has 0 radical (unpaired) electrons. The van der Waals surface area contributed by atoms with Gasteiger partial charge in [-0.15, -0.1) is 0 Å². The Morgan fingerprint density at radius 1 is 0.304 bits per heavy atom. The van der Waals surface area contributed by atoms with Crippen molar-refractivity contribution in [1.82, 2.24) is 0 Å². The number of rotatable bonds is 6. The Hall–Kier alpha value is -7.70. The maximum atomic E-state index is 11.2. The lowest BCUT2D eigenvalue weighted by Gasteiger charge is -2.16. The summed E-state index contributed by atoms with van der Waals surface area (Å²) in [6.45, 7) is 0. The van der Waals surface area contributed by atoms with Crippen LogP contribution in [0.25, 0.3) is 76.1 Å². The second-order valence-corrected chi connectivity index (χ2v) is 13.9. The first-order valence-electron chi connectivity index (χ1n) is 18.2. The number of fused-ring (bicyclic) bond motifs is 5. The second kappa shape index (κ2) is 13.0. The molecule has 10 aromatic carbocycles. The first kappa shape index (κ1) is 32.9. The van der Waals surface area contributed by atoms with Crippen LogP contribution >= 0.6 is 0 Å². The van der Waals surface area contributed by atoms with Crippen LogP contribution in [0.4, 0.5) is 0 Å². The third-order valence-corrected chi connectivity index (χ3v) is 10.5. The predicted octanol–water partition coefficient (Wildman–Crippen LogP) is 13.2. The van der Waals surface area contributed by atoms with Gasteiger partial charge in [0.25, 0.3) is 0 Å². The van der Waals surface area contributed by atoms with Gasteiger partial charge in [0.2, 0.25) is 0 Å². The van der Waals surface area contributed by atoms with Crippen molar-refractivity contribution in [3.63, 3.8) is 0 Å². The maximum Gasteiger partial charge on any atom is 0.135 e. The fourth-order valence-corrected chi connectivity index (χ4v) is 7.99. The van der Waals surface area contributed by atoms with Gasteiger partial charge in [0.1, 0.15) is 46.0 Å².